The molecule has 0 saturated heterocycles. The fourth-order valence-corrected chi connectivity index (χ4v) is 2.64. The third kappa shape index (κ3) is 3.90. The Bertz CT molecular complexity index is 1100. The van der Waals surface area contributed by atoms with Crippen LogP contribution >= 0.6 is 15.9 Å². The van der Waals surface area contributed by atoms with Gasteiger partial charge in [-0.2, -0.15) is 18.4 Å². The van der Waals surface area contributed by atoms with E-state index in [0.717, 1.165) is 6.07 Å². The van der Waals surface area contributed by atoms with Gasteiger partial charge in [0.2, 0.25) is 11.2 Å². The number of hydrogen-bond donors (Lipinski definition) is 0. The Kier molecular flexibility index (Phi) is 5.10. The fourth-order valence-electron chi connectivity index (χ4n) is 2.28. The van der Waals surface area contributed by atoms with Crippen molar-refractivity contribution in [1.82, 2.24) is 0 Å². The van der Waals surface area contributed by atoms with Gasteiger partial charge in [0.1, 0.15) is 23.2 Å². The van der Waals surface area contributed by atoms with E-state index in [1.165, 1.54) is 18.2 Å². The molecule has 0 atom stereocenters. The highest BCUT2D eigenvalue weighted by molar-refractivity contribution is 9.10. The topological polar surface area (TPSA) is 72.5 Å². The average molecular weight is 440 g/mol. The van der Waals surface area contributed by atoms with Gasteiger partial charge in [-0.1, -0.05) is 12.1 Å². The van der Waals surface area contributed by atoms with Crippen LogP contribution in [0.15, 0.2) is 56.1 Å². The number of benzene rings is 2. The molecule has 0 unspecified atom stereocenters. The van der Waals surface area contributed by atoms with Crippen LogP contribution in [0.2, 0.25) is 0 Å². The second-order valence-corrected chi connectivity index (χ2v) is 6.08. The lowest BCUT2D eigenvalue weighted by molar-refractivity contribution is -0.154. The summed E-state index contributed by atoms with van der Waals surface area (Å²) in [5, 5.41) is 8.40. The number of nitrogens with zero attached hydrogens (tertiary/aromatic N) is 1. The van der Waals surface area contributed by atoms with E-state index in [2.05, 4.69) is 15.9 Å². The molecule has 0 aliphatic carbocycles. The summed E-state index contributed by atoms with van der Waals surface area (Å²) in [7, 11) is 0. The first-order valence-corrected chi connectivity index (χ1v) is 8.20. The zero-order valence-corrected chi connectivity index (χ0v) is 14.9. The summed E-state index contributed by atoms with van der Waals surface area (Å²) in [6.45, 7) is -0.301. The number of halogens is 4. The molecule has 5 nitrogen and oxygen atoms in total. The molecule has 27 heavy (non-hydrogen) atoms. The van der Waals surface area contributed by atoms with Gasteiger partial charge in [-0.15, -0.1) is 0 Å². The lowest BCUT2D eigenvalue weighted by Crippen LogP contribution is -2.15. The molecule has 0 bridgehead atoms. The molecule has 3 rings (SSSR count). The predicted octanol–water partition coefficient (Wildman–Crippen LogP) is 5.27. The molecule has 0 aliphatic rings. The van der Waals surface area contributed by atoms with Crippen LogP contribution in [0.1, 0.15) is 5.76 Å². The molecule has 0 spiro atoms. The number of rotatable bonds is 4. The minimum absolute atomic E-state index is 0.0311. The molecule has 1 aromatic heterocycles. The van der Waals surface area contributed by atoms with E-state index in [9.17, 15) is 18.0 Å². The highest BCUT2D eigenvalue weighted by atomic mass is 79.9. The summed E-state index contributed by atoms with van der Waals surface area (Å²) in [5.74, 6) is -2.40. The van der Waals surface area contributed by atoms with Gasteiger partial charge < -0.3 is 13.9 Å². The van der Waals surface area contributed by atoms with Crippen LogP contribution in [0.25, 0.3) is 11.0 Å². The number of fused-ring (bicyclic) bond motifs is 1. The van der Waals surface area contributed by atoms with Crippen molar-refractivity contribution < 1.29 is 27.1 Å². The molecule has 0 saturated carbocycles. The van der Waals surface area contributed by atoms with Gasteiger partial charge in [0.15, 0.2) is 6.61 Å². The predicted molar refractivity (Wildman–Crippen MR) is 92.8 cm³/mol. The molecule has 1 heterocycles. The Labute approximate surface area is 158 Å². The van der Waals surface area contributed by atoms with Crippen LogP contribution in [0.4, 0.5) is 13.2 Å². The Morgan fingerprint density at radius 3 is 2.59 bits per heavy atom. The van der Waals surface area contributed by atoms with Crippen molar-refractivity contribution in [3.63, 3.8) is 0 Å². The summed E-state index contributed by atoms with van der Waals surface area (Å²) in [5.41, 5.74) is -1.31. The standard InChI is InChI=1S/C18H9BrF3NO4/c19-12-3-1-2-4-13(12)26-16-15(24)11-6-5-10(25-8-7-23)9-14(11)27-17(16)18(20,21)22/h1-6,9H,8H2. The molecule has 0 N–H and O–H groups in total. The van der Waals surface area contributed by atoms with Gasteiger partial charge in [-0.05, 0) is 40.2 Å². The summed E-state index contributed by atoms with van der Waals surface area (Å²) in [6, 6.07) is 11.6. The number of alkyl halides is 3. The first-order chi connectivity index (χ1) is 12.8. The molecule has 138 valence electrons. The molecule has 9 heteroatoms. The first kappa shape index (κ1) is 18.8. The summed E-state index contributed by atoms with van der Waals surface area (Å²) >= 11 is 3.15. The van der Waals surface area contributed by atoms with E-state index in [1.54, 1.807) is 24.3 Å². The van der Waals surface area contributed by atoms with Crippen LogP contribution < -0.4 is 14.9 Å². The van der Waals surface area contributed by atoms with Gasteiger partial charge in [-0.25, -0.2) is 0 Å². The minimum atomic E-state index is -4.96. The molecule has 0 fully saturated rings. The second-order valence-electron chi connectivity index (χ2n) is 5.22. The quantitative estimate of drug-likeness (QED) is 0.553. The maximum absolute atomic E-state index is 13.5. The van der Waals surface area contributed by atoms with Gasteiger partial charge in [0, 0.05) is 6.07 Å². The third-order valence-electron chi connectivity index (χ3n) is 3.43. The SMILES string of the molecule is N#CCOc1ccc2c(=O)c(Oc3ccccc3Br)c(C(F)(F)F)oc2c1. The second kappa shape index (κ2) is 7.32. The summed E-state index contributed by atoms with van der Waals surface area (Å²) in [6.07, 6.45) is -4.96. The Morgan fingerprint density at radius 2 is 1.93 bits per heavy atom. The Balaban J connectivity index is 2.20. The van der Waals surface area contributed by atoms with E-state index in [-0.39, 0.29) is 29.1 Å². The molecule has 0 radical (unpaired) electrons. The molecular weight excluding hydrogens is 431 g/mol. The largest absolute Gasteiger partial charge is 0.479 e. The summed E-state index contributed by atoms with van der Waals surface area (Å²) in [4.78, 5) is 12.6. The number of para-hydroxylation sites is 1. The molecular formula is C18H9BrF3NO4. The van der Waals surface area contributed by atoms with Crippen molar-refractivity contribution in [2.45, 2.75) is 6.18 Å². The van der Waals surface area contributed by atoms with Crippen molar-refractivity contribution in [2.75, 3.05) is 6.61 Å². The van der Waals surface area contributed by atoms with Gasteiger partial charge in [0.25, 0.3) is 5.76 Å². The molecule has 0 amide bonds. The van der Waals surface area contributed by atoms with E-state index in [1.807, 2.05) is 0 Å². The van der Waals surface area contributed by atoms with Crippen molar-refractivity contribution in [1.29, 1.82) is 5.26 Å². The molecule has 0 aliphatic heterocycles. The zero-order chi connectivity index (χ0) is 19.6. The maximum atomic E-state index is 13.5. The van der Waals surface area contributed by atoms with E-state index in [4.69, 9.17) is 19.2 Å². The maximum Gasteiger partial charge on any atom is 0.453 e. The third-order valence-corrected chi connectivity index (χ3v) is 4.09. The van der Waals surface area contributed by atoms with Crippen molar-refractivity contribution >= 4 is 26.9 Å². The van der Waals surface area contributed by atoms with Crippen LogP contribution in [0, 0.1) is 11.3 Å². The van der Waals surface area contributed by atoms with E-state index >= 15 is 0 Å². The fraction of sp³-hybridized carbons (Fsp3) is 0.111. The highest BCUT2D eigenvalue weighted by Crippen LogP contribution is 2.39. The van der Waals surface area contributed by atoms with Crippen LogP contribution in [0.5, 0.6) is 17.2 Å². The first-order valence-electron chi connectivity index (χ1n) is 7.41. The Morgan fingerprint density at radius 1 is 1.19 bits per heavy atom. The van der Waals surface area contributed by atoms with Gasteiger partial charge >= 0.3 is 6.18 Å². The van der Waals surface area contributed by atoms with Gasteiger partial charge in [0.05, 0.1) is 9.86 Å². The summed E-state index contributed by atoms with van der Waals surface area (Å²) < 4.78 is 56.0. The lowest BCUT2D eigenvalue weighted by atomic mass is 10.2. The zero-order valence-electron chi connectivity index (χ0n) is 13.3. The van der Waals surface area contributed by atoms with Crippen LogP contribution in [-0.4, -0.2) is 6.61 Å². The van der Waals surface area contributed by atoms with Crippen molar-refractivity contribution in [3.8, 4) is 23.3 Å². The number of hydrogen-bond acceptors (Lipinski definition) is 5. The van der Waals surface area contributed by atoms with Crippen LogP contribution in [0.3, 0.4) is 0 Å². The Hall–Kier alpha value is -2.99. The number of ether oxygens (including phenoxy) is 2. The minimum Gasteiger partial charge on any atom is -0.479 e. The smallest absolute Gasteiger partial charge is 0.453 e. The average Bonchev–Trinajstić information content (AvgIpc) is 2.62. The highest BCUT2D eigenvalue weighted by Gasteiger charge is 2.40. The lowest BCUT2D eigenvalue weighted by Gasteiger charge is -2.14. The van der Waals surface area contributed by atoms with E-state index in [0.29, 0.717) is 4.47 Å². The van der Waals surface area contributed by atoms with E-state index < -0.39 is 23.1 Å². The van der Waals surface area contributed by atoms with Crippen LogP contribution in [-0.2, 0) is 6.18 Å². The molecule has 2 aromatic carbocycles. The number of nitriles is 1. The monoisotopic (exact) mass is 439 g/mol. The van der Waals surface area contributed by atoms with Gasteiger partial charge in [-0.3, -0.25) is 4.79 Å². The van der Waals surface area contributed by atoms with Crippen molar-refractivity contribution in [2.24, 2.45) is 0 Å². The normalized spacial score (nSPS) is 11.2. The van der Waals surface area contributed by atoms with Crippen molar-refractivity contribution in [3.05, 3.63) is 62.9 Å². The molecule has 3 aromatic rings.